The predicted molar refractivity (Wildman–Crippen MR) is 69.5 cm³/mol. The number of rotatable bonds is 6. The van der Waals surface area contributed by atoms with Gasteiger partial charge in [0.2, 0.25) is 0 Å². The van der Waals surface area contributed by atoms with Gasteiger partial charge in [-0.2, -0.15) is 0 Å². The molecule has 0 atom stereocenters. The molecule has 1 aromatic carbocycles. The molecule has 0 heterocycles. The van der Waals surface area contributed by atoms with Gasteiger partial charge in [0.25, 0.3) is 5.69 Å². The Hall–Kier alpha value is -1.62. The van der Waals surface area contributed by atoms with E-state index in [9.17, 15) is 10.1 Å². The van der Waals surface area contributed by atoms with Crippen molar-refractivity contribution in [1.29, 1.82) is 0 Å². The molecule has 2 N–H and O–H groups in total. The minimum Gasteiger partial charge on any atom is -0.378 e. The monoisotopic (exact) mass is 237 g/mol. The molecular weight excluding hydrogens is 218 g/mol. The van der Waals surface area contributed by atoms with E-state index in [0.717, 1.165) is 12.1 Å². The maximum absolute atomic E-state index is 10.8. The Bertz CT molecular complexity index is 391. The maximum Gasteiger partial charge on any atom is 0.292 e. The van der Waals surface area contributed by atoms with Gasteiger partial charge in [-0.3, -0.25) is 10.1 Å². The van der Waals surface area contributed by atoms with Crippen LogP contribution in [0.2, 0.25) is 0 Å². The molecule has 0 unspecified atom stereocenters. The Labute approximate surface area is 101 Å². The van der Waals surface area contributed by atoms with Crippen molar-refractivity contribution < 1.29 is 4.92 Å². The van der Waals surface area contributed by atoms with Gasteiger partial charge in [0, 0.05) is 25.2 Å². The van der Waals surface area contributed by atoms with Crippen molar-refractivity contribution in [3.63, 3.8) is 0 Å². The second-order valence-electron chi connectivity index (χ2n) is 4.31. The number of hydrogen-bond donors (Lipinski definition) is 2. The Morgan fingerprint density at radius 2 is 2.06 bits per heavy atom. The summed E-state index contributed by atoms with van der Waals surface area (Å²) >= 11 is 0. The number of benzene rings is 1. The largest absolute Gasteiger partial charge is 0.378 e. The Morgan fingerprint density at radius 3 is 2.65 bits per heavy atom. The van der Waals surface area contributed by atoms with Gasteiger partial charge in [0.15, 0.2) is 0 Å². The number of hydrogen-bond acceptors (Lipinski definition) is 4. The average molecular weight is 237 g/mol. The molecular formula is C12H19N3O2. The van der Waals surface area contributed by atoms with Crippen LogP contribution in [0.3, 0.4) is 0 Å². The first-order valence-electron chi connectivity index (χ1n) is 5.73. The third kappa shape index (κ3) is 4.40. The predicted octanol–water partition coefficient (Wildman–Crippen LogP) is 2.31. The molecule has 1 aromatic rings. The molecule has 0 aromatic heterocycles. The molecule has 0 aliphatic rings. The summed E-state index contributed by atoms with van der Waals surface area (Å²) in [5.41, 5.74) is 1.72. The summed E-state index contributed by atoms with van der Waals surface area (Å²) in [5.74, 6) is 0. The summed E-state index contributed by atoms with van der Waals surface area (Å²) in [6.07, 6.45) is 0. The van der Waals surface area contributed by atoms with E-state index in [1.54, 1.807) is 12.1 Å². The minimum atomic E-state index is -0.363. The summed E-state index contributed by atoms with van der Waals surface area (Å²) in [6.45, 7) is 7.50. The van der Waals surface area contributed by atoms with Gasteiger partial charge < -0.3 is 10.6 Å². The first-order chi connectivity index (χ1) is 8.00. The van der Waals surface area contributed by atoms with Gasteiger partial charge in [-0.1, -0.05) is 19.9 Å². The van der Waals surface area contributed by atoms with E-state index in [1.165, 1.54) is 6.07 Å². The molecule has 0 amide bonds. The molecule has 0 fully saturated rings. The first-order valence-corrected chi connectivity index (χ1v) is 5.73. The summed E-state index contributed by atoms with van der Waals surface area (Å²) < 4.78 is 0. The van der Waals surface area contributed by atoms with Crippen molar-refractivity contribution in [2.75, 3.05) is 18.4 Å². The lowest BCUT2D eigenvalue weighted by atomic mass is 10.2. The zero-order chi connectivity index (χ0) is 12.8. The number of nitro benzene ring substituents is 1. The van der Waals surface area contributed by atoms with E-state index >= 15 is 0 Å². The number of anilines is 1. The fourth-order valence-electron chi connectivity index (χ4n) is 1.51. The topological polar surface area (TPSA) is 67.2 Å². The van der Waals surface area contributed by atoms with Gasteiger partial charge in [0.1, 0.15) is 5.69 Å². The van der Waals surface area contributed by atoms with Crippen LogP contribution in [0.5, 0.6) is 0 Å². The lowest BCUT2D eigenvalue weighted by molar-refractivity contribution is -0.384. The molecule has 5 nitrogen and oxygen atoms in total. The van der Waals surface area contributed by atoms with E-state index in [1.807, 2.05) is 6.92 Å². The van der Waals surface area contributed by atoms with Gasteiger partial charge in [-0.15, -0.1) is 0 Å². The van der Waals surface area contributed by atoms with Gasteiger partial charge in [-0.25, -0.2) is 0 Å². The normalized spacial score (nSPS) is 10.6. The standard InChI is InChI=1S/C12H19N3O2/c1-9(2)13-6-7-14-11-8-10(3)4-5-12(11)15(16)17/h4-5,8-9,13-14H,6-7H2,1-3H3. The van der Waals surface area contributed by atoms with E-state index in [2.05, 4.69) is 24.5 Å². The number of aryl methyl sites for hydroxylation is 1. The molecule has 0 radical (unpaired) electrons. The minimum absolute atomic E-state index is 0.125. The van der Waals surface area contributed by atoms with Crippen LogP contribution in [0.4, 0.5) is 11.4 Å². The summed E-state index contributed by atoms with van der Waals surface area (Å²) in [4.78, 5) is 10.5. The molecule has 0 bridgehead atoms. The van der Waals surface area contributed by atoms with Crippen LogP contribution < -0.4 is 10.6 Å². The Morgan fingerprint density at radius 1 is 1.35 bits per heavy atom. The van der Waals surface area contributed by atoms with E-state index in [-0.39, 0.29) is 10.6 Å². The zero-order valence-corrected chi connectivity index (χ0v) is 10.5. The molecule has 0 aliphatic heterocycles. The summed E-state index contributed by atoms with van der Waals surface area (Å²) in [5, 5.41) is 17.2. The van der Waals surface area contributed by atoms with Crippen LogP contribution in [0, 0.1) is 17.0 Å². The van der Waals surface area contributed by atoms with Crippen molar-refractivity contribution in [1.82, 2.24) is 5.32 Å². The van der Waals surface area contributed by atoms with Crippen LogP contribution >= 0.6 is 0 Å². The second kappa shape index (κ2) is 6.20. The number of nitro groups is 1. The lowest BCUT2D eigenvalue weighted by Crippen LogP contribution is -2.28. The molecule has 0 aliphatic carbocycles. The first kappa shape index (κ1) is 13.4. The SMILES string of the molecule is Cc1ccc([N+](=O)[O-])c(NCCNC(C)C)c1. The van der Waals surface area contributed by atoms with Crippen molar-refractivity contribution in [2.45, 2.75) is 26.8 Å². The molecule has 5 heteroatoms. The maximum atomic E-state index is 10.8. The van der Waals surface area contributed by atoms with Crippen LogP contribution in [0.1, 0.15) is 19.4 Å². The molecule has 17 heavy (non-hydrogen) atoms. The van der Waals surface area contributed by atoms with Crippen molar-refractivity contribution >= 4 is 11.4 Å². The highest BCUT2D eigenvalue weighted by Crippen LogP contribution is 2.24. The number of nitrogens with one attached hydrogen (secondary N) is 2. The fourth-order valence-corrected chi connectivity index (χ4v) is 1.51. The Kier molecular flexibility index (Phi) is 4.90. The van der Waals surface area contributed by atoms with Crippen molar-refractivity contribution in [3.05, 3.63) is 33.9 Å². The highest BCUT2D eigenvalue weighted by molar-refractivity contribution is 5.62. The highest BCUT2D eigenvalue weighted by atomic mass is 16.6. The summed E-state index contributed by atoms with van der Waals surface area (Å²) in [6, 6.07) is 5.50. The molecule has 1 rings (SSSR count). The number of nitrogens with zero attached hydrogens (tertiary/aromatic N) is 1. The lowest BCUT2D eigenvalue weighted by Gasteiger charge is -2.10. The second-order valence-corrected chi connectivity index (χ2v) is 4.31. The van der Waals surface area contributed by atoms with Crippen LogP contribution in [0.15, 0.2) is 18.2 Å². The van der Waals surface area contributed by atoms with E-state index in [4.69, 9.17) is 0 Å². The van der Waals surface area contributed by atoms with Crippen molar-refractivity contribution in [3.8, 4) is 0 Å². The molecule has 0 spiro atoms. The Balaban J connectivity index is 2.62. The molecule has 0 saturated heterocycles. The smallest absolute Gasteiger partial charge is 0.292 e. The van der Waals surface area contributed by atoms with Gasteiger partial charge >= 0.3 is 0 Å². The fraction of sp³-hybridized carbons (Fsp3) is 0.500. The van der Waals surface area contributed by atoms with Crippen LogP contribution in [-0.4, -0.2) is 24.1 Å². The van der Waals surface area contributed by atoms with Gasteiger partial charge in [0.05, 0.1) is 4.92 Å². The summed E-state index contributed by atoms with van der Waals surface area (Å²) in [7, 11) is 0. The molecule has 94 valence electrons. The van der Waals surface area contributed by atoms with Crippen LogP contribution in [-0.2, 0) is 0 Å². The third-order valence-corrected chi connectivity index (χ3v) is 2.34. The third-order valence-electron chi connectivity index (χ3n) is 2.34. The van der Waals surface area contributed by atoms with E-state index in [0.29, 0.717) is 18.3 Å². The average Bonchev–Trinajstić information content (AvgIpc) is 2.23. The zero-order valence-electron chi connectivity index (χ0n) is 10.5. The highest BCUT2D eigenvalue weighted by Gasteiger charge is 2.12. The quantitative estimate of drug-likeness (QED) is 0.452. The van der Waals surface area contributed by atoms with Crippen LogP contribution in [0.25, 0.3) is 0 Å². The van der Waals surface area contributed by atoms with Crippen molar-refractivity contribution in [2.24, 2.45) is 0 Å². The molecule has 0 saturated carbocycles. The van der Waals surface area contributed by atoms with Gasteiger partial charge in [-0.05, 0) is 18.6 Å². The van der Waals surface area contributed by atoms with E-state index < -0.39 is 0 Å².